The molecule has 0 saturated heterocycles. The lowest BCUT2D eigenvalue weighted by molar-refractivity contribution is 0.354. The first-order chi connectivity index (χ1) is 11.8. The predicted molar refractivity (Wildman–Crippen MR) is 105 cm³/mol. The number of nitrogens with one attached hydrogen (secondary N) is 1. The number of hydrogen-bond acceptors (Lipinski definition) is 2. The van der Waals surface area contributed by atoms with Crippen molar-refractivity contribution in [2.75, 3.05) is 0 Å². The monoisotopic (exact) mass is 341 g/mol. The summed E-state index contributed by atoms with van der Waals surface area (Å²) in [5.74, 6) is 0.551. The van der Waals surface area contributed by atoms with Crippen molar-refractivity contribution in [2.45, 2.75) is 66.7 Å². The van der Waals surface area contributed by atoms with Crippen molar-refractivity contribution < 1.29 is 4.52 Å². The molecule has 0 amide bonds. The Morgan fingerprint density at radius 3 is 2.76 bits per heavy atom. The Morgan fingerprint density at radius 1 is 1.36 bits per heavy atom. The molecule has 1 heterocycles. The summed E-state index contributed by atoms with van der Waals surface area (Å²) in [6, 6.07) is 1.44. The number of allylic oxidation sites excluding steroid dienone is 7. The van der Waals surface area contributed by atoms with Crippen molar-refractivity contribution in [1.82, 2.24) is 5.16 Å². The van der Waals surface area contributed by atoms with Gasteiger partial charge in [-0.2, -0.15) is 5.16 Å². The van der Waals surface area contributed by atoms with E-state index in [4.69, 9.17) is 4.52 Å². The molecule has 0 bridgehead atoms. The summed E-state index contributed by atoms with van der Waals surface area (Å²) in [5.41, 5.74) is 5.84. The molecule has 0 fully saturated rings. The zero-order chi connectivity index (χ0) is 18.4. The number of aromatic nitrogens is 1. The van der Waals surface area contributed by atoms with E-state index in [0.717, 1.165) is 12.0 Å². The van der Waals surface area contributed by atoms with E-state index < -0.39 is 0 Å². The zero-order valence-corrected chi connectivity index (χ0v) is 16.2. The van der Waals surface area contributed by atoms with Crippen LogP contribution in [0.15, 0.2) is 55.9 Å². The van der Waals surface area contributed by atoms with E-state index in [2.05, 4.69) is 45.0 Å². The second kappa shape index (κ2) is 8.37. The lowest BCUT2D eigenvalue weighted by atomic mass is 9.71. The predicted octanol–water partition coefficient (Wildman–Crippen LogP) is 6.18. The van der Waals surface area contributed by atoms with E-state index in [1.165, 1.54) is 37.3 Å². The summed E-state index contributed by atoms with van der Waals surface area (Å²) in [5, 5.41) is 2.29. The molecule has 1 aliphatic carbocycles. The van der Waals surface area contributed by atoms with Gasteiger partial charge in [-0.25, -0.2) is 0 Å². The summed E-state index contributed by atoms with van der Waals surface area (Å²) >= 11 is 0. The molecule has 0 aliphatic heterocycles. The van der Waals surface area contributed by atoms with Gasteiger partial charge in [0.1, 0.15) is 0 Å². The van der Waals surface area contributed by atoms with Gasteiger partial charge in [-0.15, -0.1) is 0 Å². The molecule has 0 saturated carbocycles. The van der Waals surface area contributed by atoms with Crippen LogP contribution in [-0.2, 0) is 0 Å². The summed E-state index contributed by atoms with van der Waals surface area (Å²) in [6.07, 6.45) is 14.3. The van der Waals surface area contributed by atoms with Gasteiger partial charge < -0.3 is 4.52 Å². The third-order valence-corrected chi connectivity index (χ3v) is 5.11. The number of aromatic amines is 1. The zero-order valence-electron chi connectivity index (χ0n) is 16.2. The maximum atomic E-state index is 11.0. The van der Waals surface area contributed by atoms with Crippen molar-refractivity contribution in [1.29, 1.82) is 0 Å². The minimum absolute atomic E-state index is 0.214. The first-order valence-electron chi connectivity index (χ1n) is 9.18. The first kappa shape index (κ1) is 19.3. The number of rotatable bonds is 6. The number of hydrogen-bond donors (Lipinski definition) is 1. The van der Waals surface area contributed by atoms with Crippen LogP contribution >= 0.6 is 0 Å². The fraction of sp³-hybridized carbons (Fsp3) is 0.500. The molecule has 25 heavy (non-hydrogen) atoms. The van der Waals surface area contributed by atoms with E-state index in [1.54, 1.807) is 11.1 Å². The normalized spacial score (nSPS) is 19.1. The maximum absolute atomic E-state index is 11.0. The highest BCUT2D eigenvalue weighted by atomic mass is 16.5. The largest absolute Gasteiger partial charge is 0.379 e. The molecule has 0 atom stereocenters. The molecule has 0 aromatic carbocycles. The van der Waals surface area contributed by atoms with Crippen LogP contribution in [0.25, 0.3) is 6.08 Å². The van der Waals surface area contributed by atoms with Gasteiger partial charge in [0.25, 0.3) is 5.56 Å². The first-order valence-corrected chi connectivity index (χ1v) is 9.18. The molecule has 1 aromatic heterocycles. The van der Waals surface area contributed by atoms with Gasteiger partial charge in [0.15, 0.2) is 5.76 Å². The Morgan fingerprint density at radius 2 is 2.12 bits per heavy atom. The van der Waals surface area contributed by atoms with Crippen LogP contribution in [0.2, 0.25) is 0 Å². The van der Waals surface area contributed by atoms with Crippen LogP contribution in [-0.4, -0.2) is 5.16 Å². The lowest BCUT2D eigenvalue weighted by Gasteiger charge is -2.34. The Labute approximate surface area is 151 Å². The molecule has 2 rings (SSSR count). The summed E-state index contributed by atoms with van der Waals surface area (Å²) in [4.78, 5) is 11.0. The van der Waals surface area contributed by atoms with Gasteiger partial charge in [-0.1, -0.05) is 48.8 Å². The Kier molecular flexibility index (Phi) is 6.46. The van der Waals surface area contributed by atoms with Gasteiger partial charge >= 0.3 is 0 Å². The Bertz CT molecular complexity index is 766. The maximum Gasteiger partial charge on any atom is 0.280 e. The molecule has 3 nitrogen and oxygen atoms in total. The highest BCUT2D eigenvalue weighted by Crippen LogP contribution is 2.42. The average Bonchev–Trinajstić information content (AvgIpc) is 2.91. The highest BCUT2D eigenvalue weighted by molar-refractivity contribution is 5.50. The molecule has 3 heteroatoms. The van der Waals surface area contributed by atoms with Crippen molar-refractivity contribution >= 4 is 6.08 Å². The summed E-state index contributed by atoms with van der Waals surface area (Å²) < 4.78 is 5.03. The molecular formula is C22H31NO2. The quantitative estimate of drug-likeness (QED) is 0.496. The molecule has 1 aromatic rings. The second-order valence-electron chi connectivity index (χ2n) is 7.87. The van der Waals surface area contributed by atoms with Gasteiger partial charge in [-0.05, 0) is 69.9 Å². The van der Waals surface area contributed by atoms with Gasteiger partial charge in [-0.3, -0.25) is 4.79 Å². The van der Waals surface area contributed by atoms with Crippen LogP contribution in [0, 0.1) is 5.41 Å². The molecule has 1 aliphatic rings. The summed E-state index contributed by atoms with van der Waals surface area (Å²) in [6.45, 7) is 11.3. The van der Waals surface area contributed by atoms with Gasteiger partial charge in [0.2, 0.25) is 0 Å². The van der Waals surface area contributed by atoms with E-state index in [9.17, 15) is 4.79 Å². The molecule has 136 valence electrons. The van der Waals surface area contributed by atoms with Crippen molar-refractivity contribution in [3.8, 4) is 0 Å². The van der Waals surface area contributed by atoms with E-state index in [0.29, 0.717) is 11.2 Å². The number of H-pyrrole nitrogens is 1. The molecule has 1 N–H and O–H groups in total. The van der Waals surface area contributed by atoms with Gasteiger partial charge in [0, 0.05) is 0 Å². The molecular weight excluding hydrogens is 310 g/mol. The van der Waals surface area contributed by atoms with Crippen LogP contribution in [0.3, 0.4) is 0 Å². The van der Waals surface area contributed by atoms with Crippen LogP contribution < -0.4 is 5.56 Å². The topological polar surface area (TPSA) is 46.0 Å². The SMILES string of the molecule is CC1=C(CC/C(C)=C/C=C/C(C)=C/c2cc(=O)[nH]o2)C(C)(C)CCC1. The van der Waals surface area contributed by atoms with E-state index in [-0.39, 0.29) is 5.56 Å². The standard InChI is InChI=1S/C22H31NO2/c1-16(11-12-20-18(3)10-7-13-22(20,4)5)8-6-9-17(2)14-19-15-21(24)23-25-19/h6,8-9,14-15H,7,10-13H2,1-5H3,(H,23,24)/b9-6+,16-8+,17-14+. The van der Waals surface area contributed by atoms with Crippen LogP contribution in [0.4, 0.5) is 0 Å². The van der Waals surface area contributed by atoms with Crippen molar-refractivity contribution in [3.63, 3.8) is 0 Å². The van der Waals surface area contributed by atoms with Crippen molar-refractivity contribution in [3.05, 3.63) is 62.7 Å². The molecule has 0 unspecified atom stereocenters. The Hall–Kier alpha value is -2.03. The van der Waals surface area contributed by atoms with Crippen LogP contribution in [0.5, 0.6) is 0 Å². The molecule has 0 spiro atoms. The highest BCUT2D eigenvalue weighted by Gasteiger charge is 2.27. The average molecular weight is 341 g/mol. The van der Waals surface area contributed by atoms with Crippen molar-refractivity contribution in [2.24, 2.45) is 5.41 Å². The smallest absolute Gasteiger partial charge is 0.280 e. The minimum Gasteiger partial charge on any atom is -0.379 e. The third kappa shape index (κ3) is 5.77. The second-order valence-corrected chi connectivity index (χ2v) is 7.87. The minimum atomic E-state index is -0.214. The summed E-state index contributed by atoms with van der Waals surface area (Å²) in [7, 11) is 0. The Balaban J connectivity index is 1.93. The fourth-order valence-corrected chi connectivity index (χ4v) is 3.64. The van der Waals surface area contributed by atoms with Gasteiger partial charge in [0.05, 0.1) is 6.07 Å². The van der Waals surface area contributed by atoms with Crippen LogP contribution in [0.1, 0.15) is 72.5 Å². The van der Waals surface area contributed by atoms with E-state index >= 15 is 0 Å². The van der Waals surface area contributed by atoms with E-state index in [1.807, 2.05) is 19.1 Å². The fourth-order valence-electron chi connectivity index (χ4n) is 3.64. The molecule has 0 radical (unpaired) electrons. The third-order valence-electron chi connectivity index (χ3n) is 5.11. The lowest BCUT2D eigenvalue weighted by Crippen LogP contribution is -2.20.